The Morgan fingerprint density at radius 1 is 0.852 bits per heavy atom. The summed E-state index contributed by atoms with van der Waals surface area (Å²) in [6, 6.07) is 17.5. The maximum Gasteiger partial charge on any atom is 0.224 e. The highest BCUT2D eigenvalue weighted by molar-refractivity contribution is 9.10. The number of nitrogens with one attached hydrogen (secondary N) is 2. The summed E-state index contributed by atoms with van der Waals surface area (Å²) in [5, 5.41) is 8.33. The molecular formula is C18H17BBrN7. The van der Waals surface area contributed by atoms with E-state index in [9.17, 15) is 0 Å². The predicted octanol–water partition coefficient (Wildman–Crippen LogP) is 1.97. The number of hydrazone groups is 2. The molecule has 0 atom stereocenters. The van der Waals surface area contributed by atoms with Gasteiger partial charge in [0.1, 0.15) is 7.85 Å². The summed E-state index contributed by atoms with van der Waals surface area (Å²) in [5.74, 6) is 1.04. The second kappa shape index (κ2) is 8.95. The van der Waals surface area contributed by atoms with Crippen molar-refractivity contribution in [1.82, 2.24) is 9.97 Å². The van der Waals surface area contributed by atoms with Crippen molar-refractivity contribution in [3.8, 4) is 0 Å². The minimum atomic E-state index is 0.117. The Labute approximate surface area is 166 Å². The highest BCUT2D eigenvalue weighted by atomic mass is 79.9. The monoisotopic (exact) mass is 421 g/mol. The van der Waals surface area contributed by atoms with E-state index < -0.39 is 0 Å². The normalized spacial score (nSPS) is 11.1. The van der Waals surface area contributed by atoms with Gasteiger partial charge < -0.3 is 5.73 Å². The van der Waals surface area contributed by atoms with E-state index in [1.165, 1.54) is 5.46 Å². The molecule has 9 heteroatoms. The molecule has 2 aromatic carbocycles. The molecule has 27 heavy (non-hydrogen) atoms. The number of aromatic nitrogens is 2. The molecule has 0 fully saturated rings. The number of nitrogens with two attached hydrogens (primary N) is 1. The van der Waals surface area contributed by atoms with E-state index >= 15 is 0 Å². The first-order valence-corrected chi connectivity index (χ1v) is 8.93. The molecule has 0 saturated carbocycles. The summed E-state index contributed by atoms with van der Waals surface area (Å²) in [5.41, 5.74) is 14.6. The first-order valence-electron chi connectivity index (χ1n) is 8.13. The molecule has 4 N–H and O–H groups in total. The molecular weight excluding hydrogens is 405 g/mol. The van der Waals surface area contributed by atoms with Crippen LogP contribution in [0.4, 0.5) is 17.6 Å². The molecule has 3 aromatic rings. The van der Waals surface area contributed by atoms with E-state index in [1.54, 1.807) is 18.5 Å². The lowest BCUT2D eigenvalue weighted by molar-refractivity contribution is 1.13. The van der Waals surface area contributed by atoms with Gasteiger partial charge in [-0.15, -0.1) is 0 Å². The Bertz CT molecular complexity index is 881. The van der Waals surface area contributed by atoms with Crippen LogP contribution in [0.3, 0.4) is 0 Å². The summed E-state index contributed by atoms with van der Waals surface area (Å²) in [4.78, 5) is 8.20. The number of halogens is 1. The summed E-state index contributed by atoms with van der Waals surface area (Å²) < 4.78 is 1.01. The zero-order valence-corrected chi connectivity index (χ0v) is 16.2. The van der Waals surface area contributed by atoms with E-state index in [1.807, 2.05) is 56.4 Å². The van der Waals surface area contributed by atoms with Gasteiger partial charge in [-0.2, -0.15) is 20.2 Å². The fourth-order valence-corrected chi connectivity index (χ4v) is 2.39. The average Bonchev–Trinajstić information content (AvgIpc) is 2.65. The van der Waals surface area contributed by atoms with Crippen molar-refractivity contribution in [2.75, 3.05) is 16.6 Å². The number of hydrogen-bond acceptors (Lipinski definition) is 7. The van der Waals surface area contributed by atoms with Crippen LogP contribution in [0.25, 0.3) is 0 Å². The average molecular weight is 422 g/mol. The van der Waals surface area contributed by atoms with E-state index in [0.717, 1.165) is 15.6 Å². The molecule has 0 unspecified atom stereocenters. The largest absolute Gasteiger partial charge is 0.368 e. The molecule has 0 aliphatic rings. The number of nitrogen functional groups attached to an aromatic ring is 1. The van der Waals surface area contributed by atoms with Gasteiger partial charge in [-0.3, -0.25) is 10.9 Å². The van der Waals surface area contributed by atoms with Crippen LogP contribution in [0.5, 0.6) is 0 Å². The third-order valence-electron chi connectivity index (χ3n) is 3.48. The number of benzene rings is 2. The molecule has 0 saturated heterocycles. The Kier molecular flexibility index (Phi) is 6.16. The predicted molar refractivity (Wildman–Crippen MR) is 118 cm³/mol. The summed E-state index contributed by atoms with van der Waals surface area (Å²) in [6.45, 7) is 0. The fourth-order valence-electron chi connectivity index (χ4n) is 2.13. The van der Waals surface area contributed by atoms with Crippen molar-refractivity contribution in [2.45, 2.75) is 0 Å². The highest BCUT2D eigenvalue weighted by Gasteiger charge is 2.01. The Morgan fingerprint density at radius 2 is 1.33 bits per heavy atom. The van der Waals surface area contributed by atoms with Crippen molar-refractivity contribution >= 4 is 59.3 Å². The van der Waals surface area contributed by atoms with Gasteiger partial charge in [-0.05, 0) is 23.3 Å². The van der Waals surface area contributed by atoms with Gasteiger partial charge in [-0.25, -0.2) is 0 Å². The first kappa shape index (κ1) is 18.6. The molecule has 0 bridgehead atoms. The molecule has 3 rings (SSSR count). The molecule has 1 aromatic heterocycles. The van der Waals surface area contributed by atoms with Crippen LogP contribution in [0.1, 0.15) is 11.1 Å². The molecule has 0 radical (unpaired) electrons. The second-order valence-corrected chi connectivity index (χ2v) is 6.61. The molecule has 0 aliphatic carbocycles. The Morgan fingerprint density at radius 3 is 1.85 bits per heavy atom. The van der Waals surface area contributed by atoms with Crippen molar-refractivity contribution in [3.63, 3.8) is 0 Å². The fraction of sp³-hybridized carbons (Fsp3) is 0. The molecule has 7 nitrogen and oxygen atoms in total. The molecule has 0 amide bonds. The zero-order valence-electron chi connectivity index (χ0n) is 14.6. The van der Waals surface area contributed by atoms with Crippen LogP contribution in [0, 0.1) is 0 Å². The van der Waals surface area contributed by atoms with Gasteiger partial charge in [0.2, 0.25) is 5.95 Å². The topological polar surface area (TPSA) is 101 Å². The third-order valence-corrected chi connectivity index (χ3v) is 4.00. The smallest absolute Gasteiger partial charge is 0.224 e. The standard InChI is InChI=1S/C18H17BBrN7/c19-14-5-1-12(2-6-14)10-22-26-16-9-17(25-18(21)24-16)27-23-11-13-3-7-15(20)8-4-13/h1-11H,19H2,(H4,21,24,25,26,27)/b22-10+,23-11+. The van der Waals surface area contributed by atoms with Crippen LogP contribution in [0.15, 0.2) is 69.3 Å². The molecule has 1 heterocycles. The van der Waals surface area contributed by atoms with Gasteiger partial charge in [0, 0.05) is 10.5 Å². The first-order chi connectivity index (χ1) is 13.1. The van der Waals surface area contributed by atoms with Crippen LogP contribution < -0.4 is 22.0 Å². The second-order valence-electron chi connectivity index (χ2n) is 5.70. The third kappa shape index (κ3) is 5.93. The van der Waals surface area contributed by atoms with Crippen molar-refractivity contribution < 1.29 is 0 Å². The molecule has 134 valence electrons. The lowest BCUT2D eigenvalue weighted by Crippen LogP contribution is -2.03. The van der Waals surface area contributed by atoms with Gasteiger partial charge in [0.15, 0.2) is 11.6 Å². The van der Waals surface area contributed by atoms with Crippen molar-refractivity contribution in [2.24, 2.45) is 10.2 Å². The van der Waals surface area contributed by atoms with E-state index in [2.05, 4.69) is 47.0 Å². The van der Waals surface area contributed by atoms with Gasteiger partial charge in [0.25, 0.3) is 0 Å². The van der Waals surface area contributed by atoms with Crippen LogP contribution in [-0.2, 0) is 0 Å². The maximum absolute atomic E-state index is 5.75. The van der Waals surface area contributed by atoms with Crippen molar-refractivity contribution in [1.29, 1.82) is 0 Å². The highest BCUT2D eigenvalue weighted by Crippen LogP contribution is 2.13. The minimum Gasteiger partial charge on any atom is -0.368 e. The maximum atomic E-state index is 5.75. The summed E-state index contributed by atoms with van der Waals surface area (Å²) >= 11 is 3.40. The van der Waals surface area contributed by atoms with Crippen LogP contribution >= 0.6 is 15.9 Å². The lowest BCUT2D eigenvalue weighted by Gasteiger charge is -2.04. The number of rotatable bonds is 6. The zero-order chi connectivity index (χ0) is 19.1. The summed E-state index contributed by atoms with van der Waals surface area (Å²) in [6.07, 6.45) is 3.39. The number of nitrogens with zero attached hydrogens (tertiary/aromatic N) is 4. The van der Waals surface area contributed by atoms with Crippen molar-refractivity contribution in [3.05, 3.63) is 70.2 Å². The minimum absolute atomic E-state index is 0.117. The SMILES string of the molecule is Bc1ccc(/C=N/Nc2cc(N/N=C/c3ccc(Br)cc3)nc(N)n2)cc1. The number of hydrogen-bond donors (Lipinski definition) is 3. The van der Waals surface area contributed by atoms with Gasteiger partial charge in [0.05, 0.1) is 12.4 Å². The molecule has 0 spiro atoms. The Balaban J connectivity index is 1.63. The van der Waals surface area contributed by atoms with Crippen LogP contribution in [0.2, 0.25) is 0 Å². The quantitative estimate of drug-likeness (QED) is 0.321. The summed E-state index contributed by atoms with van der Waals surface area (Å²) in [7, 11) is 2.04. The van der Waals surface area contributed by atoms with Gasteiger partial charge in [-0.1, -0.05) is 57.8 Å². The molecule has 0 aliphatic heterocycles. The lowest BCUT2D eigenvalue weighted by atomic mass is 9.96. The van der Waals surface area contributed by atoms with E-state index in [-0.39, 0.29) is 5.95 Å². The van der Waals surface area contributed by atoms with E-state index in [0.29, 0.717) is 11.6 Å². The van der Waals surface area contributed by atoms with Crippen LogP contribution in [-0.4, -0.2) is 30.2 Å². The van der Waals surface area contributed by atoms with E-state index in [4.69, 9.17) is 5.73 Å². The van der Waals surface area contributed by atoms with Gasteiger partial charge >= 0.3 is 0 Å². The number of anilines is 3. The Hall–Kier alpha value is -3.20.